The van der Waals surface area contributed by atoms with Crippen LogP contribution in [0.5, 0.6) is 5.75 Å². The summed E-state index contributed by atoms with van der Waals surface area (Å²) in [5.74, 6) is -3.21. The molecule has 0 fully saturated rings. The van der Waals surface area contributed by atoms with Gasteiger partial charge in [-0.15, -0.1) is 0 Å². The zero-order chi connectivity index (χ0) is 28.9. The van der Waals surface area contributed by atoms with Crippen LogP contribution in [0, 0.1) is 11.3 Å². The molecule has 1 heterocycles. The van der Waals surface area contributed by atoms with Crippen LogP contribution in [0.15, 0.2) is 48.7 Å². The summed E-state index contributed by atoms with van der Waals surface area (Å²) in [4.78, 5) is 40.5. The van der Waals surface area contributed by atoms with Crippen molar-refractivity contribution in [2.45, 2.75) is 19.0 Å². The molecule has 3 aromatic rings. The summed E-state index contributed by atoms with van der Waals surface area (Å²) in [6, 6.07) is 10.3. The lowest BCUT2D eigenvalue weighted by Crippen LogP contribution is -2.28. The number of benzene rings is 2. The second-order valence-electron chi connectivity index (χ2n) is 8.09. The number of alkyl halides is 3. The number of aliphatic carboxylic acids is 1. The van der Waals surface area contributed by atoms with Crippen LogP contribution in [0.1, 0.15) is 44.8 Å². The molecule has 0 aliphatic rings. The number of rotatable bonds is 9. The summed E-state index contributed by atoms with van der Waals surface area (Å²) >= 11 is 6.39. The summed E-state index contributed by atoms with van der Waals surface area (Å²) in [5, 5.41) is 27.8. The minimum Gasteiger partial charge on any atom is -0.493 e. The first kappa shape index (κ1) is 28.9. The minimum atomic E-state index is -4.80. The third-order valence-corrected chi connectivity index (χ3v) is 5.81. The molecule has 1 aromatic heterocycles. The Balaban J connectivity index is 2.15. The fourth-order valence-electron chi connectivity index (χ4n) is 3.61. The van der Waals surface area contributed by atoms with Gasteiger partial charge in [-0.05, 0) is 30.7 Å². The standard InChI is InChI=1S/C26H19ClF3N3O6/c1-33(20-6-3-2-5-15(20)25(37)38)24(36)17-10-16(19(27)11-21(17)39-8-4-7-23(34)35)18-13-32-22(26(28,29)30)9-14(18)12-31/h2-3,5-6,9-11,13H,4,7-8H2,1H3,(H,34,35)(H,37,38). The molecule has 0 radical (unpaired) electrons. The lowest BCUT2D eigenvalue weighted by molar-refractivity contribution is -0.141. The molecule has 0 aliphatic heterocycles. The summed E-state index contributed by atoms with van der Waals surface area (Å²) in [5.41, 5.74) is -2.10. The fourth-order valence-corrected chi connectivity index (χ4v) is 3.86. The molecule has 0 saturated heterocycles. The highest BCUT2D eigenvalue weighted by Crippen LogP contribution is 2.38. The number of carbonyl (C=O) groups is 3. The van der Waals surface area contributed by atoms with Crippen LogP contribution >= 0.6 is 11.6 Å². The molecule has 13 heteroatoms. The number of carbonyl (C=O) groups excluding carboxylic acids is 1. The van der Waals surface area contributed by atoms with Gasteiger partial charge in [0.1, 0.15) is 11.4 Å². The molecular weight excluding hydrogens is 543 g/mol. The van der Waals surface area contributed by atoms with Gasteiger partial charge in [0.05, 0.1) is 40.1 Å². The molecule has 0 unspecified atom stereocenters. The van der Waals surface area contributed by atoms with E-state index in [2.05, 4.69) is 4.98 Å². The maximum absolute atomic E-state index is 13.6. The Kier molecular flexibility index (Phi) is 8.78. The van der Waals surface area contributed by atoms with Gasteiger partial charge in [0.2, 0.25) is 0 Å². The SMILES string of the molecule is CN(C(=O)c1cc(-c2cnc(C(F)(F)F)cc2C#N)c(Cl)cc1OCCCC(=O)O)c1ccccc1C(=O)O. The van der Waals surface area contributed by atoms with Crippen molar-refractivity contribution < 1.29 is 42.5 Å². The Bertz CT molecular complexity index is 1490. The number of ether oxygens (including phenoxy) is 1. The first-order chi connectivity index (χ1) is 18.3. The van der Waals surface area contributed by atoms with E-state index in [0.717, 1.165) is 11.1 Å². The Hall–Kier alpha value is -4.63. The maximum atomic E-state index is 13.6. The minimum absolute atomic E-state index is 0.00408. The van der Waals surface area contributed by atoms with Gasteiger partial charge >= 0.3 is 18.1 Å². The second kappa shape index (κ2) is 11.8. The number of nitriles is 1. The molecule has 0 spiro atoms. The topological polar surface area (TPSA) is 141 Å². The first-order valence-electron chi connectivity index (χ1n) is 11.1. The second-order valence-corrected chi connectivity index (χ2v) is 8.49. The van der Waals surface area contributed by atoms with Crippen molar-refractivity contribution in [3.63, 3.8) is 0 Å². The van der Waals surface area contributed by atoms with E-state index in [1.807, 2.05) is 0 Å². The van der Waals surface area contributed by atoms with E-state index in [1.165, 1.54) is 43.4 Å². The number of amides is 1. The lowest BCUT2D eigenvalue weighted by atomic mass is 9.98. The molecule has 9 nitrogen and oxygen atoms in total. The van der Waals surface area contributed by atoms with Gasteiger partial charge in [-0.2, -0.15) is 18.4 Å². The number of halogens is 4. The van der Waals surface area contributed by atoms with Crippen LogP contribution in [0.25, 0.3) is 11.1 Å². The third-order valence-electron chi connectivity index (χ3n) is 5.50. The number of aromatic carboxylic acids is 1. The smallest absolute Gasteiger partial charge is 0.433 e. The molecule has 2 aromatic carbocycles. The molecule has 3 rings (SSSR count). The summed E-state index contributed by atoms with van der Waals surface area (Å²) in [6.07, 6.45) is -4.12. The van der Waals surface area contributed by atoms with Crippen LogP contribution in [0.4, 0.5) is 18.9 Å². The Morgan fingerprint density at radius 2 is 1.79 bits per heavy atom. The van der Waals surface area contributed by atoms with Crippen molar-refractivity contribution >= 4 is 35.1 Å². The van der Waals surface area contributed by atoms with Crippen LogP contribution in [-0.4, -0.2) is 46.7 Å². The Morgan fingerprint density at radius 3 is 2.41 bits per heavy atom. The molecule has 1 amide bonds. The number of pyridine rings is 1. The summed E-state index contributed by atoms with van der Waals surface area (Å²) in [7, 11) is 1.31. The highest BCUT2D eigenvalue weighted by Gasteiger charge is 2.33. The monoisotopic (exact) mass is 561 g/mol. The quantitative estimate of drug-likeness (QED) is 0.326. The maximum Gasteiger partial charge on any atom is 0.433 e. The number of carboxylic acid groups (broad SMARTS) is 2. The van der Waals surface area contributed by atoms with Gasteiger partial charge in [0, 0.05) is 36.9 Å². The van der Waals surface area contributed by atoms with Crippen LogP contribution in [0.3, 0.4) is 0 Å². The highest BCUT2D eigenvalue weighted by atomic mass is 35.5. The largest absolute Gasteiger partial charge is 0.493 e. The number of hydrogen-bond acceptors (Lipinski definition) is 6. The average molecular weight is 562 g/mol. The van der Waals surface area contributed by atoms with Gasteiger partial charge in [0.15, 0.2) is 0 Å². The van der Waals surface area contributed by atoms with Crippen LogP contribution < -0.4 is 9.64 Å². The summed E-state index contributed by atoms with van der Waals surface area (Å²) < 4.78 is 45.0. The van der Waals surface area contributed by atoms with Gasteiger partial charge in [-0.25, -0.2) is 4.79 Å². The Morgan fingerprint density at radius 1 is 1.10 bits per heavy atom. The zero-order valence-corrected chi connectivity index (χ0v) is 20.9. The molecule has 39 heavy (non-hydrogen) atoms. The molecule has 0 atom stereocenters. The van der Waals surface area contributed by atoms with E-state index >= 15 is 0 Å². The predicted octanol–water partition coefficient (Wildman–Crippen LogP) is 5.51. The van der Waals surface area contributed by atoms with Crippen molar-refractivity contribution in [3.05, 3.63) is 76.1 Å². The Labute approximate surface area is 224 Å². The average Bonchev–Trinajstić information content (AvgIpc) is 2.89. The van der Waals surface area contributed by atoms with Crippen molar-refractivity contribution in [1.82, 2.24) is 4.98 Å². The summed E-state index contributed by atoms with van der Waals surface area (Å²) in [6.45, 7) is -0.122. The number of aromatic nitrogens is 1. The molecule has 0 aliphatic carbocycles. The van der Waals surface area contributed by atoms with Gasteiger partial charge < -0.3 is 19.8 Å². The molecule has 0 bridgehead atoms. The third kappa shape index (κ3) is 6.63. The van der Waals surface area contributed by atoms with Gasteiger partial charge in [-0.3, -0.25) is 14.6 Å². The number of carboxylic acids is 2. The van der Waals surface area contributed by atoms with Crippen molar-refractivity contribution in [3.8, 4) is 22.9 Å². The van der Waals surface area contributed by atoms with E-state index < -0.39 is 35.3 Å². The molecule has 202 valence electrons. The van der Waals surface area contributed by atoms with E-state index in [4.69, 9.17) is 21.4 Å². The predicted molar refractivity (Wildman–Crippen MR) is 133 cm³/mol. The first-order valence-corrected chi connectivity index (χ1v) is 11.5. The lowest BCUT2D eigenvalue weighted by Gasteiger charge is -2.22. The van der Waals surface area contributed by atoms with Crippen molar-refractivity contribution in [2.24, 2.45) is 0 Å². The van der Waals surface area contributed by atoms with Crippen molar-refractivity contribution in [2.75, 3.05) is 18.6 Å². The van der Waals surface area contributed by atoms with E-state index in [-0.39, 0.29) is 58.2 Å². The highest BCUT2D eigenvalue weighted by molar-refractivity contribution is 6.34. The van der Waals surface area contributed by atoms with E-state index in [9.17, 15) is 37.9 Å². The van der Waals surface area contributed by atoms with Crippen LogP contribution in [0.2, 0.25) is 5.02 Å². The zero-order valence-electron chi connectivity index (χ0n) is 20.1. The fraction of sp³-hybridized carbons (Fsp3) is 0.192. The van der Waals surface area contributed by atoms with Crippen molar-refractivity contribution in [1.29, 1.82) is 5.26 Å². The van der Waals surface area contributed by atoms with E-state index in [1.54, 1.807) is 6.07 Å². The van der Waals surface area contributed by atoms with E-state index in [0.29, 0.717) is 6.07 Å². The van der Waals surface area contributed by atoms with Gasteiger partial charge in [0.25, 0.3) is 5.91 Å². The number of anilines is 1. The van der Waals surface area contributed by atoms with Gasteiger partial charge in [-0.1, -0.05) is 23.7 Å². The number of hydrogen-bond donors (Lipinski definition) is 2. The number of nitrogens with zero attached hydrogens (tertiary/aromatic N) is 3. The number of para-hydroxylation sites is 1. The normalized spacial score (nSPS) is 11.0. The molecular formula is C26H19ClF3N3O6. The molecule has 2 N–H and O–H groups in total. The van der Waals surface area contributed by atoms with Crippen LogP contribution in [-0.2, 0) is 11.0 Å². The molecule has 0 saturated carbocycles.